The molecule has 0 atom stereocenters. The van der Waals surface area contributed by atoms with Crippen LogP contribution in [-0.4, -0.2) is 32.3 Å². The number of nitrogens with one attached hydrogen (secondary N) is 1. The second kappa shape index (κ2) is 8.50. The fourth-order valence-corrected chi connectivity index (χ4v) is 4.03. The molecule has 0 bridgehead atoms. The Morgan fingerprint density at radius 3 is 1.86 bits per heavy atom. The maximum absolute atomic E-state index is 12.5. The second-order valence-corrected chi connectivity index (χ2v) is 7.21. The molecule has 6 heteroatoms. The van der Waals surface area contributed by atoms with Crippen molar-refractivity contribution in [3.05, 3.63) is 52.4 Å². The number of benzene rings is 1. The van der Waals surface area contributed by atoms with Gasteiger partial charge in [0.05, 0.1) is 37.4 Å². The smallest absolute Gasteiger partial charge is 0.336 e. The Kier molecular flexibility index (Phi) is 6.07. The fourth-order valence-electron chi connectivity index (χ4n) is 4.03. The monoisotopic (exact) mass is 385 g/mol. The highest BCUT2D eigenvalue weighted by Gasteiger charge is 2.37. The molecule has 1 N–H and O–H groups in total. The highest BCUT2D eigenvalue weighted by Crippen LogP contribution is 2.39. The van der Waals surface area contributed by atoms with E-state index in [1.54, 1.807) is 13.8 Å². The van der Waals surface area contributed by atoms with Crippen molar-refractivity contribution in [2.75, 3.05) is 14.2 Å². The van der Waals surface area contributed by atoms with Gasteiger partial charge in [-0.3, -0.25) is 0 Å². The largest absolute Gasteiger partial charge is 0.490 e. The van der Waals surface area contributed by atoms with Gasteiger partial charge in [0.2, 0.25) is 0 Å². The average Bonchev–Trinajstić information content (AvgIpc) is 3.20. The third kappa shape index (κ3) is 3.91. The topological polar surface area (TPSA) is 73.9 Å². The normalized spacial score (nSPS) is 18.1. The van der Waals surface area contributed by atoms with Gasteiger partial charge in [0.1, 0.15) is 5.75 Å². The lowest BCUT2D eigenvalue weighted by atomic mass is 9.80. The van der Waals surface area contributed by atoms with Crippen molar-refractivity contribution in [3.63, 3.8) is 0 Å². The van der Waals surface area contributed by atoms with Crippen LogP contribution < -0.4 is 10.1 Å². The van der Waals surface area contributed by atoms with Crippen LogP contribution >= 0.6 is 0 Å². The van der Waals surface area contributed by atoms with Crippen molar-refractivity contribution in [2.24, 2.45) is 0 Å². The van der Waals surface area contributed by atoms with E-state index in [-0.39, 0.29) is 6.10 Å². The molecule has 150 valence electrons. The summed E-state index contributed by atoms with van der Waals surface area (Å²) in [6.07, 6.45) is 4.84. The minimum absolute atomic E-state index is 0.269. The van der Waals surface area contributed by atoms with Crippen LogP contribution in [0, 0.1) is 0 Å². The molecule has 1 fully saturated rings. The Morgan fingerprint density at radius 2 is 1.39 bits per heavy atom. The quantitative estimate of drug-likeness (QED) is 0.781. The number of carbonyl (C=O) groups excluding carboxylic acids is 2. The lowest BCUT2D eigenvalue weighted by molar-refractivity contribution is -0.137. The van der Waals surface area contributed by atoms with Crippen molar-refractivity contribution in [1.82, 2.24) is 5.32 Å². The van der Waals surface area contributed by atoms with Crippen molar-refractivity contribution in [3.8, 4) is 5.75 Å². The van der Waals surface area contributed by atoms with E-state index in [0.717, 1.165) is 24.2 Å². The molecule has 0 aromatic heterocycles. The van der Waals surface area contributed by atoms with Gasteiger partial charge < -0.3 is 19.5 Å². The van der Waals surface area contributed by atoms with Crippen molar-refractivity contribution in [1.29, 1.82) is 0 Å². The number of esters is 2. The summed E-state index contributed by atoms with van der Waals surface area (Å²) >= 11 is 0. The van der Waals surface area contributed by atoms with Gasteiger partial charge in [-0.05, 0) is 57.2 Å². The van der Waals surface area contributed by atoms with Gasteiger partial charge in [0.15, 0.2) is 0 Å². The molecule has 0 saturated heterocycles. The van der Waals surface area contributed by atoms with E-state index in [2.05, 4.69) is 5.32 Å². The summed E-state index contributed by atoms with van der Waals surface area (Å²) in [7, 11) is 2.67. The van der Waals surface area contributed by atoms with E-state index in [4.69, 9.17) is 14.2 Å². The molecule has 3 rings (SSSR count). The molecule has 0 amide bonds. The first-order valence-electron chi connectivity index (χ1n) is 9.58. The highest BCUT2D eigenvalue weighted by atomic mass is 16.5. The molecule has 2 aliphatic rings. The summed E-state index contributed by atoms with van der Waals surface area (Å²) in [5, 5.41) is 3.10. The third-order valence-electron chi connectivity index (χ3n) is 5.39. The minimum atomic E-state index is -0.568. The first-order valence-corrected chi connectivity index (χ1v) is 9.58. The Balaban J connectivity index is 1.98. The number of carbonyl (C=O) groups is 2. The molecule has 28 heavy (non-hydrogen) atoms. The summed E-state index contributed by atoms with van der Waals surface area (Å²) in [4.78, 5) is 25.0. The van der Waals surface area contributed by atoms with Gasteiger partial charge in [-0.25, -0.2) is 9.59 Å². The van der Waals surface area contributed by atoms with Crippen LogP contribution in [0.15, 0.2) is 46.8 Å². The highest BCUT2D eigenvalue weighted by molar-refractivity contribution is 5.99. The molecule has 1 saturated carbocycles. The maximum Gasteiger partial charge on any atom is 0.336 e. The van der Waals surface area contributed by atoms with Crippen molar-refractivity contribution >= 4 is 11.9 Å². The predicted octanol–water partition coefficient (Wildman–Crippen LogP) is 3.59. The second-order valence-electron chi connectivity index (χ2n) is 7.21. The first-order chi connectivity index (χ1) is 13.5. The van der Waals surface area contributed by atoms with Crippen LogP contribution in [0.5, 0.6) is 5.75 Å². The van der Waals surface area contributed by atoms with Crippen molar-refractivity contribution < 1.29 is 23.8 Å². The van der Waals surface area contributed by atoms with Gasteiger partial charge in [-0.1, -0.05) is 12.1 Å². The standard InChI is InChI=1S/C22H27NO5/c1-13-18(21(24)26-3)20(19(14(2)23-13)22(25)27-4)15-9-11-17(12-10-15)28-16-7-5-6-8-16/h9-12,16,20,23H,5-8H2,1-4H3. The minimum Gasteiger partial charge on any atom is -0.490 e. The van der Waals surface area contributed by atoms with E-state index < -0.39 is 17.9 Å². The molecule has 1 heterocycles. The molecule has 0 radical (unpaired) electrons. The summed E-state index contributed by atoms with van der Waals surface area (Å²) < 4.78 is 16.0. The van der Waals surface area contributed by atoms with Crippen LogP contribution in [0.2, 0.25) is 0 Å². The molecule has 0 spiro atoms. The van der Waals surface area contributed by atoms with Gasteiger partial charge >= 0.3 is 11.9 Å². The molecule has 1 aliphatic carbocycles. The summed E-state index contributed by atoms with van der Waals surface area (Å²) in [5.41, 5.74) is 2.93. The van der Waals surface area contributed by atoms with Gasteiger partial charge in [-0.2, -0.15) is 0 Å². The molecule has 0 unspecified atom stereocenters. The van der Waals surface area contributed by atoms with Gasteiger partial charge in [-0.15, -0.1) is 0 Å². The zero-order valence-electron chi connectivity index (χ0n) is 16.8. The SMILES string of the molecule is COC(=O)C1=C(C)NC(C)=C(C(=O)OC)C1c1ccc(OC2CCCC2)cc1. The van der Waals surface area contributed by atoms with E-state index in [0.29, 0.717) is 22.5 Å². The van der Waals surface area contributed by atoms with Gasteiger partial charge in [0.25, 0.3) is 0 Å². The molecule has 1 aliphatic heterocycles. The maximum atomic E-state index is 12.5. The molecule has 1 aromatic carbocycles. The van der Waals surface area contributed by atoms with Crippen LogP contribution in [0.1, 0.15) is 51.0 Å². The Bertz CT molecular complexity index is 778. The van der Waals surface area contributed by atoms with Crippen LogP contribution in [0.4, 0.5) is 0 Å². The summed E-state index contributed by atoms with van der Waals surface area (Å²) in [5.74, 6) is -0.725. The third-order valence-corrected chi connectivity index (χ3v) is 5.39. The lowest BCUT2D eigenvalue weighted by Gasteiger charge is -2.30. The number of allylic oxidation sites excluding steroid dienone is 2. The molecule has 6 nitrogen and oxygen atoms in total. The summed E-state index contributed by atoms with van der Waals surface area (Å²) in [6, 6.07) is 7.58. The van der Waals surface area contributed by atoms with Crippen molar-refractivity contribution in [2.45, 2.75) is 51.6 Å². The van der Waals surface area contributed by atoms with Gasteiger partial charge in [0, 0.05) is 11.4 Å². The Labute approximate surface area is 165 Å². The van der Waals surface area contributed by atoms with Crippen LogP contribution in [0.3, 0.4) is 0 Å². The first kappa shape index (κ1) is 20.0. The average molecular weight is 385 g/mol. The number of rotatable bonds is 5. The molecule has 1 aromatic rings. The summed E-state index contributed by atoms with van der Waals surface area (Å²) in [6.45, 7) is 3.60. The number of methoxy groups -OCH3 is 2. The fraction of sp³-hybridized carbons (Fsp3) is 0.455. The number of hydrogen-bond acceptors (Lipinski definition) is 6. The van der Waals surface area contributed by atoms with Crippen LogP contribution in [0.25, 0.3) is 0 Å². The van der Waals surface area contributed by atoms with E-state index in [1.807, 2.05) is 24.3 Å². The Morgan fingerprint density at radius 1 is 0.893 bits per heavy atom. The number of hydrogen-bond donors (Lipinski definition) is 1. The molecular formula is C22H27NO5. The predicted molar refractivity (Wildman–Crippen MR) is 105 cm³/mol. The molecular weight excluding hydrogens is 358 g/mol. The Hall–Kier alpha value is -2.76. The number of dihydropyridines is 1. The van der Waals surface area contributed by atoms with E-state index >= 15 is 0 Å². The zero-order chi connectivity index (χ0) is 20.3. The number of ether oxygens (including phenoxy) is 3. The zero-order valence-corrected chi connectivity index (χ0v) is 16.8. The lowest BCUT2D eigenvalue weighted by Crippen LogP contribution is -2.32. The van der Waals surface area contributed by atoms with E-state index in [9.17, 15) is 9.59 Å². The van der Waals surface area contributed by atoms with E-state index in [1.165, 1.54) is 27.1 Å². The van der Waals surface area contributed by atoms with Crippen LogP contribution in [-0.2, 0) is 19.1 Å².